The molecule has 3 aromatic heterocycles. The maximum absolute atomic E-state index is 5.61. The van der Waals surface area contributed by atoms with Crippen molar-refractivity contribution < 1.29 is 8.94 Å². The van der Waals surface area contributed by atoms with Crippen molar-refractivity contribution in [3.63, 3.8) is 0 Å². The second kappa shape index (κ2) is 7.22. The molecule has 3 aromatic rings. The molecule has 0 aliphatic heterocycles. The van der Waals surface area contributed by atoms with Gasteiger partial charge in [0.2, 0.25) is 11.8 Å². The number of hydrogen-bond acceptors (Lipinski definition) is 9. The summed E-state index contributed by atoms with van der Waals surface area (Å²) in [5, 5.41) is 15.5. The molecule has 3 rings (SSSR count). The van der Waals surface area contributed by atoms with E-state index in [2.05, 4.69) is 39.2 Å². The van der Waals surface area contributed by atoms with Crippen LogP contribution < -0.4 is 0 Å². The van der Waals surface area contributed by atoms with Gasteiger partial charge in [0, 0.05) is 11.8 Å². The first-order chi connectivity index (χ1) is 11.1. The Bertz CT molecular complexity index is 765. The van der Waals surface area contributed by atoms with Gasteiger partial charge in [-0.1, -0.05) is 30.8 Å². The quantitative estimate of drug-likeness (QED) is 0.599. The van der Waals surface area contributed by atoms with Gasteiger partial charge in [-0.25, -0.2) is 4.98 Å². The Balaban J connectivity index is 1.53. The van der Waals surface area contributed by atoms with E-state index in [1.807, 2.05) is 12.3 Å². The summed E-state index contributed by atoms with van der Waals surface area (Å²) in [6, 6.07) is 0. The maximum atomic E-state index is 5.61. The van der Waals surface area contributed by atoms with Crippen molar-refractivity contribution in [2.45, 2.75) is 44.6 Å². The Morgan fingerprint density at radius 1 is 1.22 bits per heavy atom. The van der Waals surface area contributed by atoms with Crippen LogP contribution in [0, 0.1) is 12.8 Å². The summed E-state index contributed by atoms with van der Waals surface area (Å²) in [5.74, 6) is 2.88. The first kappa shape index (κ1) is 16.1. The average molecular weight is 351 g/mol. The minimum Gasteiger partial charge on any atom is -0.416 e. The van der Waals surface area contributed by atoms with Crippen LogP contribution in [-0.4, -0.2) is 25.3 Å². The molecule has 0 unspecified atom stereocenters. The van der Waals surface area contributed by atoms with Crippen LogP contribution in [0.25, 0.3) is 0 Å². The molecule has 0 saturated carbocycles. The lowest BCUT2D eigenvalue weighted by Crippen LogP contribution is -1.96. The number of thiazole rings is 1. The number of aromatic nitrogens is 5. The highest BCUT2D eigenvalue weighted by Crippen LogP contribution is 2.22. The molecule has 3 heterocycles. The molecule has 0 aliphatic rings. The van der Waals surface area contributed by atoms with Crippen LogP contribution in [0.3, 0.4) is 0 Å². The van der Waals surface area contributed by atoms with Crippen molar-refractivity contribution in [2.75, 3.05) is 0 Å². The Hall–Kier alpha value is -1.74. The van der Waals surface area contributed by atoms with Crippen LogP contribution in [0.1, 0.15) is 42.2 Å². The van der Waals surface area contributed by atoms with Crippen molar-refractivity contribution in [1.29, 1.82) is 0 Å². The molecule has 0 amide bonds. The molecule has 7 nitrogen and oxygen atoms in total. The van der Waals surface area contributed by atoms with Gasteiger partial charge in [-0.3, -0.25) is 0 Å². The molecular weight excluding hydrogens is 334 g/mol. The van der Waals surface area contributed by atoms with Gasteiger partial charge in [0.1, 0.15) is 0 Å². The van der Waals surface area contributed by atoms with E-state index in [1.165, 1.54) is 11.8 Å². The summed E-state index contributed by atoms with van der Waals surface area (Å²) < 4.78 is 10.8. The van der Waals surface area contributed by atoms with E-state index in [0.29, 0.717) is 35.1 Å². The van der Waals surface area contributed by atoms with Crippen molar-refractivity contribution in [3.8, 4) is 0 Å². The van der Waals surface area contributed by atoms with Crippen LogP contribution in [0.5, 0.6) is 0 Å². The molecule has 0 aromatic carbocycles. The zero-order valence-electron chi connectivity index (χ0n) is 13.1. The lowest BCUT2D eigenvalue weighted by atomic mass is 10.1. The third kappa shape index (κ3) is 4.61. The monoisotopic (exact) mass is 351 g/mol. The highest BCUT2D eigenvalue weighted by Gasteiger charge is 2.13. The van der Waals surface area contributed by atoms with Crippen LogP contribution in [0.2, 0.25) is 0 Å². The van der Waals surface area contributed by atoms with Crippen molar-refractivity contribution in [3.05, 3.63) is 33.7 Å². The smallest absolute Gasteiger partial charge is 0.277 e. The lowest BCUT2D eigenvalue weighted by Gasteiger charge is -1.95. The first-order valence-corrected chi connectivity index (χ1v) is 9.12. The molecule has 0 bridgehead atoms. The Labute approximate surface area is 141 Å². The van der Waals surface area contributed by atoms with Gasteiger partial charge in [0.25, 0.3) is 5.22 Å². The maximum Gasteiger partial charge on any atom is 0.277 e. The fourth-order valence-corrected chi connectivity index (χ4v) is 3.16. The third-order valence-corrected chi connectivity index (χ3v) is 4.49. The molecule has 0 spiro atoms. The standard InChI is InChI=1S/C14H17N5O2S2/c1-8(2)4-11-16-13(21-19-11)7-23-14-18-17-12(20-14)5-10-6-22-9(3)15-10/h6,8H,4-5,7H2,1-3H3. The Morgan fingerprint density at radius 2 is 2.09 bits per heavy atom. The topological polar surface area (TPSA) is 90.7 Å². The minimum atomic E-state index is 0.496. The molecule has 9 heteroatoms. The zero-order valence-corrected chi connectivity index (χ0v) is 14.8. The van der Waals surface area contributed by atoms with E-state index in [1.54, 1.807) is 11.3 Å². The highest BCUT2D eigenvalue weighted by atomic mass is 32.2. The zero-order chi connectivity index (χ0) is 16.2. The first-order valence-electron chi connectivity index (χ1n) is 7.26. The molecule has 0 fully saturated rings. The van der Waals surface area contributed by atoms with Gasteiger partial charge >= 0.3 is 0 Å². The summed E-state index contributed by atoms with van der Waals surface area (Å²) in [4.78, 5) is 8.73. The van der Waals surface area contributed by atoms with E-state index in [0.717, 1.165) is 22.9 Å². The number of thioether (sulfide) groups is 1. The number of aryl methyl sites for hydroxylation is 1. The molecule has 0 atom stereocenters. The van der Waals surface area contributed by atoms with E-state index in [9.17, 15) is 0 Å². The third-order valence-electron chi connectivity index (χ3n) is 2.87. The molecule has 0 radical (unpaired) electrons. The predicted octanol–water partition coefficient (Wildman–Crippen LogP) is 3.30. The van der Waals surface area contributed by atoms with Crippen molar-refractivity contribution in [2.24, 2.45) is 5.92 Å². The van der Waals surface area contributed by atoms with E-state index in [-0.39, 0.29) is 0 Å². The molecule has 0 aliphatic carbocycles. The fraction of sp³-hybridized carbons (Fsp3) is 0.500. The number of nitrogens with zero attached hydrogens (tertiary/aromatic N) is 5. The lowest BCUT2D eigenvalue weighted by molar-refractivity contribution is 0.381. The summed E-state index contributed by atoms with van der Waals surface area (Å²) in [6.07, 6.45) is 1.36. The van der Waals surface area contributed by atoms with Crippen molar-refractivity contribution in [1.82, 2.24) is 25.3 Å². The highest BCUT2D eigenvalue weighted by molar-refractivity contribution is 7.98. The summed E-state index contributed by atoms with van der Waals surface area (Å²) in [7, 11) is 0. The van der Waals surface area contributed by atoms with Gasteiger partial charge in [-0.15, -0.1) is 21.5 Å². The molecule has 0 saturated heterocycles. The molecule has 122 valence electrons. The van der Waals surface area contributed by atoms with Gasteiger partial charge in [0.05, 0.1) is 22.9 Å². The van der Waals surface area contributed by atoms with Gasteiger partial charge in [0.15, 0.2) is 5.82 Å². The van der Waals surface area contributed by atoms with Crippen LogP contribution in [0.15, 0.2) is 19.5 Å². The van der Waals surface area contributed by atoms with Crippen LogP contribution in [-0.2, 0) is 18.6 Å². The number of rotatable bonds is 7. The fourth-order valence-electron chi connectivity index (χ4n) is 1.93. The predicted molar refractivity (Wildman–Crippen MR) is 86.4 cm³/mol. The van der Waals surface area contributed by atoms with E-state index < -0.39 is 0 Å². The van der Waals surface area contributed by atoms with Gasteiger partial charge in [-0.05, 0) is 12.8 Å². The van der Waals surface area contributed by atoms with Crippen molar-refractivity contribution >= 4 is 23.1 Å². The summed E-state index contributed by atoms with van der Waals surface area (Å²) in [5.41, 5.74) is 0.947. The summed E-state index contributed by atoms with van der Waals surface area (Å²) in [6.45, 7) is 6.21. The Kier molecular flexibility index (Phi) is 5.06. The van der Waals surface area contributed by atoms with Gasteiger partial charge < -0.3 is 8.94 Å². The molecule has 23 heavy (non-hydrogen) atoms. The SMILES string of the molecule is Cc1nc(Cc2nnc(SCc3nc(CC(C)C)no3)o2)cs1. The van der Waals surface area contributed by atoms with Crippen LogP contribution in [0.4, 0.5) is 0 Å². The van der Waals surface area contributed by atoms with Crippen LogP contribution >= 0.6 is 23.1 Å². The molecule has 0 N–H and O–H groups in total. The van der Waals surface area contributed by atoms with Gasteiger partial charge in [-0.2, -0.15) is 4.98 Å². The average Bonchev–Trinajstić information content (AvgIpc) is 3.19. The second-order valence-corrected chi connectivity index (χ2v) is 7.48. The minimum absolute atomic E-state index is 0.496. The largest absolute Gasteiger partial charge is 0.416 e. The second-order valence-electron chi connectivity index (χ2n) is 5.49. The van der Waals surface area contributed by atoms with E-state index >= 15 is 0 Å². The number of hydrogen-bond donors (Lipinski definition) is 0. The molecular formula is C14H17N5O2S2. The summed E-state index contributed by atoms with van der Waals surface area (Å²) >= 11 is 3.00. The normalized spacial score (nSPS) is 11.5. The van der Waals surface area contributed by atoms with E-state index in [4.69, 9.17) is 8.94 Å². The Morgan fingerprint density at radius 3 is 2.83 bits per heavy atom.